The summed E-state index contributed by atoms with van der Waals surface area (Å²) in [7, 11) is 0. The summed E-state index contributed by atoms with van der Waals surface area (Å²) in [6.07, 6.45) is 2.08. The highest BCUT2D eigenvalue weighted by Crippen LogP contribution is 2.21. The van der Waals surface area contributed by atoms with Crippen molar-refractivity contribution in [1.29, 1.82) is 0 Å². The molecule has 1 saturated heterocycles. The minimum Gasteiger partial charge on any atom is -0.352 e. The van der Waals surface area contributed by atoms with Crippen molar-refractivity contribution in [3.8, 4) is 0 Å². The van der Waals surface area contributed by atoms with Crippen LogP contribution in [0.3, 0.4) is 0 Å². The highest BCUT2D eigenvalue weighted by Gasteiger charge is 2.18. The Bertz CT molecular complexity index is 510. The second kappa shape index (κ2) is 6.47. The molecule has 0 aliphatic carbocycles. The summed E-state index contributed by atoms with van der Waals surface area (Å²) in [5.41, 5.74) is 0.777. The molecule has 2 rings (SSSR count). The van der Waals surface area contributed by atoms with Gasteiger partial charge in [0.2, 0.25) is 0 Å². The molecule has 6 nitrogen and oxygen atoms in total. The number of rotatable bonds is 5. The van der Waals surface area contributed by atoms with Crippen LogP contribution in [0.1, 0.15) is 28.8 Å². The maximum atomic E-state index is 12.1. The van der Waals surface area contributed by atoms with Crippen LogP contribution in [0.2, 0.25) is 0 Å². The molecule has 1 aromatic rings. The lowest BCUT2D eigenvalue weighted by Gasteiger charge is -2.10. The van der Waals surface area contributed by atoms with E-state index in [1.54, 1.807) is 19.1 Å². The molecule has 108 valence electrons. The maximum Gasteiger partial charge on any atom is 0.273 e. The van der Waals surface area contributed by atoms with Crippen LogP contribution in [0.25, 0.3) is 0 Å². The van der Waals surface area contributed by atoms with E-state index in [1.165, 1.54) is 6.07 Å². The van der Waals surface area contributed by atoms with Crippen LogP contribution in [0.5, 0.6) is 0 Å². The summed E-state index contributed by atoms with van der Waals surface area (Å²) in [4.78, 5) is 22.5. The van der Waals surface area contributed by atoms with Crippen LogP contribution in [-0.2, 0) is 0 Å². The van der Waals surface area contributed by atoms with Gasteiger partial charge >= 0.3 is 0 Å². The lowest BCUT2D eigenvalue weighted by Crippen LogP contribution is -2.27. The first-order valence-corrected chi connectivity index (χ1v) is 6.82. The van der Waals surface area contributed by atoms with Crippen molar-refractivity contribution in [2.24, 2.45) is 5.92 Å². The molecule has 2 N–H and O–H groups in total. The minimum absolute atomic E-state index is 0.0161. The molecule has 0 aromatic heterocycles. The van der Waals surface area contributed by atoms with Crippen molar-refractivity contribution < 1.29 is 9.72 Å². The van der Waals surface area contributed by atoms with Gasteiger partial charge < -0.3 is 10.6 Å². The largest absolute Gasteiger partial charge is 0.352 e. The SMILES string of the molecule is Cc1c(C(=O)NCCC2CCNC2)cccc1[N+](=O)[O-]. The number of nitro benzene ring substituents is 1. The molecule has 1 aromatic carbocycles. The fraction of sp³-hybridized carbons (Fsp3) is 0.500. The summed E-state index contributed by atoms with van der Waals surface area (Å²) in [5, 5.41) is 17.0. The first-order chi connectivity index (χ1) is 9.59. The quantitative estimate of drug-likeness (QED) is 0.633. The van der Waals surface area contributed by atoms with Gasteiger partial charge in [-0.2, -0.15) is 0 Å². The Morgan fingerprint density at radius 1 is 1.55 bits per heavy atom. The minimum atomic E-state index is -0.462. The highest BCUT2D eigenvalue weighted by molar-refractivity contribution is 5.96. The second-order valence-electron chi connectivity index (χ2n) is 5.11. The molecule has 0 saturated carbocycles. The number of nitrogens with zero attached hydrogens (tertiary/aromatic N) is 1. The number of nitro groups is 1. The van der Waals surface area contributed by atoms with Gasteiger partial charge in [0.1, 0.15) is 0 Å². The Hall–Kier alpha value is -1.95. The average molecular weight is 277 g/mol. The van der Waals surface area contributed by atoms with Gasteiger partial charge in [-0.25, -0.2) is 0 Å². The monoisotopic (exact) mass is 277 g/mol. The van der Waals surface area contributed by atoms with Crippen molar-refractivity contribution in [1.82, 2.24) is 10.6 Å². The summed E-state index contributed by atoms with van der Waals surface area (Å²) >= 11 is 0. The summed E-state index contributed by atoms with van der Waals surface area (Å²) in [6, 6.07) is 4.58. The van der Waals surface area contributed by atoms with Gasteiger partial charge in [0, 0.05) is 23.7 Å². The fourth-order valence-electron chi connectivity index (χ4n) is 2.51. The standard InChI is InChI=1S/C14H19N3O3/c1-10-12(3-2-4-13(10)17(19)20)14(18)16-8-6-11-5-7-15-9-11/h2-4,11,15H,5-9H2,1H3,(H,16,18). The van der Waals surface area contributed by atoms with Gasteiger partial charge in [0.25, 0.3) is 11.6 Å². The average Bonchev–Trinajstić information content (AvgIpc) is 2.91. The molecule has 1 fully saturated rings. The van der Waals surface area contributed by atoms with Crippen LogP contribution in [0.15, 0.2) is 18.2 Å². The summed E-state index contributed by atoms with van der Waals surface area (Å²) in [5.74, 6) is 0.374. The number of carbonyl (C=O) groups is 1. The molecule has 1 aliphatic rings. The molecule has 1 heterocycles. The van der Waals surface area contributed by atoms with Crippen LogP contribution in [0.4, 0.5) is 5.69 Å². The molecular formula is C14H19N3O3. The van der Waals surface area contributed by atoms with E-state index in [9.17, 15) is 14.9 Å². The van der Waals surface area contributed by atoms with Gasteiger partial charge in [-0.15, -0.1) is 0 Å². The van der Waals surface area contributed by atoms with E-state index < -0.39 is 4.92 Å². The van der Waals surface area contributed by atoms with Gasteiger partial charge in [-0.05, 0) is 44.8 Å². The third-order valence-corrected chi connectivity index (χ3v) is 3.75. The van der Waals surface area contributed by atoms with Crippen LogP contribution < -0.4 is 10.6 Å². The van der Waals surface area contributed by atoms with Crippen molar-refractivity contribution >= 4 is 11.6 Å². The van der Waals surface area contributed by atoms with Crippen molar-refractivity contribution in [3.05, 3.63) is 39.4 Å². The first-order valence-electron chi connectivity index (χ1n) is 6.82. The normalized spacial score (nSPS) is 17.9. The van der Waals surface area contributed by atoms with E-state index in [1.807, 2.05) is 0 Å². The van der Waals surface area contributed by atoms with Crippen molar-refractivity contribution in [2.75, 3.05) is 19.6 Å². The van der Waals surface area contributed by atoms with Crippen molar-refractivity contribution in [2.45, 2.75) is 19.8 Å². The van der Waals surface area contributed by atoms with Crippen LogP contribution in [0, 0.1) is 23.0 Å². The fourth-order valence-corrected chi connectivity index (χ4v) is 2.51. The number of hydrogen-bond donors (Lipinski definition) is 2. The molecule has 20 heavy (non-hydrogen) atoms. The van der Waals surface area contributed by atoms with Gasteiger partial charge in [0.15, 0.2) is 0 Å². The predicted octanol–water partition coefficient (Wildman–Crippen LogP) is 1.63. The Kier molecular flexibility index (Phi) is 4.68. The maximum absolute atomic E-state index is 12.1. The number of carbonyl (C=O) groups excluding carboxylic acids is 1. The van der Waals surface area contributed by atoms with E-state index in [-0.39, 0.29) is 11.6 Å². The molecule has 1 atom stereocenters. The molecule has 0 bridgehead atoms. The smallest absolute Gasteiger partial charge is 0.273 e. The van der Waals surface area contributed by atoms with Gasteiger partial charge in [-0.3, -0.25) is 14.9 Å². The molecule has 0 spiro atoms. The third-order valence-electron chi connectivity index (χ3n) is 3.75. The molecule has 1 unspecified atom stereocenters. The molecule has 6 heteroatoms. The summed E-state index contributed by atoms with van der Waals surface area (Å²) in [6.45, 7) is 4.26. The van der Waals surface area contributed by atoms with Gasteiger partial charge in [0.05, 0.1) is 4.92 Å². The second-order valence-corrected chi connectivity index (χ2v) is 5.11. The van der Waals surface area contributed by atoms with E-state index in [0.29, 0.717) is 23.6 Å². The summed E-state index contributed by atoms with van der Waals surface area (Å²) < 4.78 is 0. The zero-order valence-electron chi connectivity index (χ0n) is 11.5. The lowest BCUT2D eigenvalue weighted by atomic mass is 10.0. The number of hydrogen-bond acceptors (Lipinski definition) is 4. The number of benzene rings is 1. The van der Waals surface area contributed by atoms with Crippen LogP contribution >= 0.6 is 0 Å². The van der Waals surface area contributed by atoms with E-state index in [2.05, 4.69) is 10.6 Å². The zero-order chi connectivity index (χ0) is 14.5. The number of amides is 1. The van der Waals surface area contributed by atoms with Gasteiger partial charge in [-0.1, -0.05) is 6.07 Å². The Labute approximate surface area is 117 Å². The Morgan fingerprint density at radius 2 is 2.35 bits per heavy atom. The zero-order valence-corrected chi connectivity index (χ0v) is 11.5. The molecule has 1 aliphatic heterocycles. The van der Waals surface area contributed by atoms with E-state index in [0.717, 1.165) is 25.9 Å². The van der Waals surface area contributed by atoms with E-state index in [4.69, 9.17) is 0 Å². The Balaban J connectivity index is 1.95. The Morgan fingerprint density at radius 3 is 3.00 bits per heavy atom. The molecule has 1 amide bonds. The molecular weight excluding hydrogens is 258 g/mol. The molecule has 0 radical (unpaired) electrons. The first kappa shape index (κ1) is 14.5. The van der Waals surface area contributed by atoms with E-state index >= 15 is 0 Å². The predicted molar refractivity (Wildman–Crippen MR) is 75.8 cm³/mol. The topological polar surface area (TPSA) is 84.3 Å². The highest BCUT2D eigenvalue weighted by atomic mass is 16.6. The van der Waals surface area contributed by atoms with Crippen molar-refractivity contribution in [3.63, 3.8) is 0 Å². The number of nitrogens with one attached hydrogen (secondary N) is 2. The lowest BCUT2D eigenvalue weighted by molar-refractivity contribution is -0.385. The third kappa shape index (κ3) is 3.33. The van der Waals surface area contributed by atoms with Crippen LogP contribution in [-0.4, -0.2) is 30.5 Å².